The summed E-state index contributed by atoms with van der Waals surface area (Å²) in [6.07, 6.45) is 5.44. The van der Waals surface area contributed by atoms with Gasteiger partial charge in [0.2, 0.25) is 10.0 Å². The largest absolute Gasteiger partial charge is 0.317 e. The van der Waals surface area contributed by atoms with Crippen molar-refractivity contribution in [1.29, 1.82) is 0 Å². The van der Waals surface area contributed by atoms with Crippen LogP contribution in [0.4, 0.5) is 0 Å². The molecule has 1 aromatic heterocycles. The number of sulfonamides is 1. The van der Waals surface area contributed by atoms with Crippen LogP contribution in [0.3, 0.4) is 0 Å². The number of nitrogens with one attached hydrogen (secondary N) is 1. The molecular formula is C12H22N4O2S. The van der Waals surface area contributed by atoms with Crippen LogP contribution in [0.5, 0.6) is 0 Å². The second-order valence-electron chi connectivity index (χ2n) is 5.25. The first kappa shape index (κ1) is 14.5. The number of aryl methyl sites for hydroxylation is 1. The molecule has 7 heteroatoms. The van der Waals surface area contributed by atoms with E-state index in [1.54, 1.807) is 17.9 Å². The summed E-state index contributed by atoms with van der Waals surface area (Å²) >= 11 is 0. The highest BCUT2D eigenvalue weighted by Crippen LogP contribution is 2.17. The van der Waals surface area contributed by atoms with Gasteiger partial charge in [0.25, 0.3) is 0 Å². The van der Waals surface area contributed by atoms with Crippen LogP contribution < -0.4 is 5.32 Å². The number of nitrogens with zero attached hydrogens (tertiary/aromatic N) is 3. The van der Waals surface area contributed by atoms with E-state index in [0.717, 1.165) is 31.5 Å². The fraction of sp³-hybridized carbons (Fsp3) is 0.750. The van der Waals surface area contributed by atoms with Crippen LogP contribution in [0.1, 0.15) is 18.4 Å². The standard InChI is InChI=1S/C12H22N4O2S/c1-15-8-12(7-14-15)9-16(2)19(17,18)10-11-3-5-13-6-4-11/h7-8,11,13H,3-6,9-10H2,1-2H3. The van der Waals surface area contributed by atoms with E-state index in [2.05, 4.69) is 10.4 Å². The fourth-order valence-electron chi connectivity index (χ4n) is 2.38. The summed E-state index contributed by atoms with van der Waals surface area (Å²) in [5, 5.41) is 7.31. The minimum atomic E-state index is -3.18. The van der Waals surface area contributed by atoms with Gasteiger partial charge in [0, 0.05) is 32.4 Å². The van der Waals surface area contributed by atoms with E-state index < -0.39 is 10.0 Å². The molecule has 108 valence electrons. The molecule has 0 bridgehead atoms. The summed E-state index contributed by atoms with van der Waals surface area (Å²) in [4.78, 5) is 0. The molecule has 0 aromatic carbocycles. The topological polar surface area (TPSA) is 67.2 Å². The van der Waals surface area contributed by atoms with E-state index in [1.165, 1.54) is 4.31 Å². The van der Waals surface area contributed by atoms with Crippen LogP contribution in [0.15, 0.2) is 12.4 Å². The number of aromatic nitrogens is 2. The Kier molecular flexibility index (Phi) is 4.59. The zero-order chi connectivity index (χ0) is 13.9. The molecule has 2 rings (SSSR count). The van der Waals surface area contributed by atoms with Gasteiger partial charge < -0.3 is 5.32 Å². The molecule has 1 fully saturated rings. The van der Waals surface area contributed by atoms with Gasteiger partial charge in [-0.15, -0.1) is 0 Å². The van der Waals surface area contributed by atoms with E-state index in [1.807, 2.05) is 13.2 Å². The summed E-state index contributed by atoms with van der Waals surface area (Å²) in [5.41, 5.74) is 0.916. The third-order valence-corrected chi connectivity index (χ3v) is 5.51. The molecule has 0 aliphatic carbocycles. The van der Waals surface area contributed by atoms with Crippen molar-refractivity contribution in [3.05, 3.63) is 18.0 Å². The molecule has 19 heavy (non-hydrogen) atoms. The number of hydrogen-bond donors (Lipinski definition) is 1. The normalized spacial score (nSPS) is 18.1. The van der Waals surface area contributed by atoms with E-state index in [9.17, 15) is 8.42 Å². The Morgan fingerprint density at radius 2 is 2.16 bits per heavy atom. The lowest BCUT2D eigenvalue weighted by molar-refractivity contribution is 0.388. The van der Waals surface area contributed by atoms with Gasteiger partial charge in [0.1, 0.15) is 0 Å². The molecule has 0 spiro atoms. The second-order valence-corrected chi connectivity index (χ2v) is 7.37. The van der Waals surface area contributed by atoms with E-state index in [4.69, 9.17) is 0 Å². The molecule has 1 aliphatic rings. The number of rotatable bonds is 5. The number of piperidine rings is 1. The van der Waals surface area contributed by atoms with Crippen molar-refractivity contribution in [2.24, 2.45) is 13.0 Å². The Morgan fingerprint density at radius 1 is 1.47 bits per heavy atom. The second kappa shape index (κ2) is 6.02. The molecule has 0 amide bonds. The summed E-state index contributed by atoms with van der Waals surface area (Å²) in [6.45, 7) is 2.24. The van der Waals surface area contributed by atoms with E-state index in [-0.39, 0.29) is 11.7 Å². The molecule has 0 saturated carbocycles. The smallest absolute Gasteiger partial charge is 0.214 e. The summed E-state index contributed by atoms with van der Waals surface area (Å²) in [5.74, 6) is 0.536. The average Bonchev–Trinajstić information content (AvgIpc) is 2.75. The Labute approximate surface area is 114 Å². The van der Waals surface area contributed by atoms with Gasteiger partial charge in [-0.3, -0.25) is 4.68 Å². The van der Waals surface area contributed by atoms with Crippen molar-refractivity contribution >= 4 is 10.0 Å². The van der Waals surface area contributed by atoms with E-state index >= 15 is 0 Å². The Balaban J connectivity index is 1.94. The molecule has 2 heterocycles. The molecule has 1 N–H and O–H groups in total. The third-order valence-electron chi connectivity index (χ3n) is 3.54. The van der Waals surface area contributed by atoms with Crippen LogP contribution in [0.25, 0.3) is 0 Å². The zero-order valence-corrected chi connectivity index (χ0v) is 12.4. The summed E-state index contributed by atoms with van der Waals surface area (Å²) in [7, 11) is 0.288. The molecule has 0 unspecified atom stereocenters. The Morgan fingerprint density at radius 3 is 2.74 bits per heavy atom. The third kappa shape index (κ3) is 4.02. The quantitative estimate of drug-likeness (QED) is 0.838. The first-order valence-electron chi connectivity index (χ1n) is 6.59. The maximum absolute atomic E-state index is 12.3. The van der Waals surface area contributed by atoms with Crippen molar-refractivity contribution in [3.63, 3.8) is 0 Å². The van der Waals surface area contributed by atoms with Crippen LogP contribution in [-0.2, 0) is 23.6 Å². The predicted octanol–water partition coefficient (Wildman–Crippen LogP) is 0.181. The molecule has 0 atom stereocenters. The minimum absolute atomic E-state index is 0.255. The summed E-state index contributed by atoms with van der Waals surface area (Å²) < 4.78 is 27.7. The van der Waals surface area contributed by atoms with Gasteiger partial charge in [-0.05, 0) is 31.8 Å². The zero-order valence-electron chi connectivity index (χ0n) is 11.5. The molecule has 0 radical (unpaired) electrons. The lowest BCUT2D eigenvalue weighted by Gasteiger charge is -2.25. The van der Waals surface area contributed by atoms with Crippen molar-refractivity contribution in [2.75, 3.05) is 25.9 Å². The van der Waals surface area contributed by atoms with Crippen LogP contribution >= 0.6 is 0 Å². The van der Waals surface area contributed by atoms with Gasteiger partial charge >= 0.3 is 0 Å². The number of hydrogen-bond acceptors (Lipinski definition) is 4. The SMILES string of the molecule is CN(Cc1cnn(C)c1)S(=O)(=O)CC1CCNCC1. The van der Waals surface area contributed by atoms with Crippen molar-refractivity contribution in [3.8, 4) is 0 Å². The summed E-state index contributed by atoms with van der Waals surface area (Å²) in [6, 6.07) is 0. The highest BCUT2D eigenvalue weighted by Gasteiger charge is 2.25. The molecule has 1 aliphatic heterocycles. The lowest BCUT2D eigenvalue weighted by Crippen LogP contribution is -2.36. The van der Waals surface area contributed by atoms with Crippen LogP contribution in [0, 0.1) is 5.92 Å². The maximum Gasteiger partial charge on any atom is 0.214 e. The van der Waals surface area contributed by atoms with Crippen LogP contribution in [0.2, 0.25) is 0 Å². The first-order valence-corrected chi connectivity index (χ1v) is 8.20. The van der Waals surface area contributed by atoms with E-state index in [0.29, 0.717) is 6.54 Å². The van der Waals surface area contributed by atoms with Crippen LogP contribution in [-0.4, -0.2) is 48.4 Å². The van der Waals surface area contributed by atoms with Crippen molar-refractivity contribution < 1.29 is 8.42 Å². The van der Waals surface area contributed by atoms with Crippen molar-refractivity contribution in [2.45, 2.75) is 19.4 Å². The monoisotopic (exact) mass is 286 g/mol. The molecule has 6 nitrogen and oxygen atoms in total. The molecule has 1 aromatic rings. The van der Waals surface area contributed by atoms with Gasteiger partial charge in [-0.1, -0.05) is 0 Å². The minimum Gasteiger partial charge on any atom is -0.317 e. The fourth-order valence-corrected chi connectivity index (χ4v) is 3.91. The van der Waals surface area contributed by atoms with Gasteiger partial charge in [0.15, 0.2) is 0 Å². The van der Waals surface area contributed by atoms with Gasteiger partial charge in [0.05, 0.1) is 11.9 Å². The maximum atomic E-state index is 12.3. The van der Waals surface area contributed by atoms with Gasteiger partial charge in [-0.25, -0.2) is 12.7 Å². The predicted molar refractivity (Wildman–Crippen MR) is 74.1 cm³/mol. The Hall–Kier alpha value is -0.920. The lowest BCUT2D eigenvalue weighted by atomic mass is 10.0. The highest BCUT2D eigenvalue weighted by atomic mass is 32.2. The van der Waals surface area contributed by atoms with Gasteiger partial charge in [-0.2, -0.15) is 5.10 Å². The highest BCUT2D eigenvalue weighted by molar-refractivity contribution is 7.89. The Bertz CT molecular complexity index is 506. The molecule has 1 saturated heterocycles. The first-order chi connectivity index (χ1) is 8.97. The average molecular weight is 286 g/mol. The van der Waals surface area contributed by atoms with Crippen molar-refractivity contribution in [1.82, 2.24) is 19.4 Å². The molecular weight excluding hydrogens is 264 g/mol.